The first-order chi connectivity index (χ1) is 11.2. The fraction of sp³-hybridized carbons (Fsp3) is 0.556. The van der Waals surface area contributed by atoms with Crippen molar-refractivity contribution in [2.24, 2.45) is 10.7 Å². The molecule has 0 spiro atoms. The Labute approximate surface area is 162 Å². The van der Waals surface area contributed by atoms with Gasteiger partial charge >= 0.3 is 0 Å². The van der Waals surface area contributed by atoms with Crippen LogP contribution in [0.5, 0.6) is 0 Å². The van der Waals surface area contributed by atoms with Gasteiger partial charge in [0.2, 0.25) is 0 Å². The van der Waals surface area contributed by atoms with E-state index >= 15 is 0 Å². The van der Waals surface area contributed by atoms with Crippen LogP contribution in [0.2, 0.25) is 0 Å². The maximum Gasteiger partial charge on any atom is 0.188 e. The Morgan fingerprint density at radius 2 is 2.00 bits per heavy atom. The predicted molar refractivity (Wildman–Crippen MR) is 113 cm³/mol. The average molecular weight is 443 g/mol. The number of nitrogens with zero attached hydrogens (tertiary/aromatic N) is 3. The van der Waals surface area contributed by atoms with Crippen LogP contribution in [0.1, 0.15) is 44.9 Å². The zero-order chi connectivity index (χ0) is 16.5. The van der Waals surface area contributed by atoms with Crippen molar-refractivity contribution in [3.63, 3.8) is 0 Å². The van der Waals surface area contributed by atoms with E-state index in [1.807, 2.05) is 6.07 Å². The number of hydrogen-bond donors (Lipinski definition) is 2. The molecule has 0 saturated heterocycles. The van der Waals surface area contributed by atoms with Crippen molar-refractivity contribution in [2.75, 3.05) is 13.1 Å². The van der Waals surface area contributed by atoms with Crippen LogP contribution in [-0.4, -0.2) is 28.6 Å². The van der Waals surface area contributed by atoms with Gasteiger partial charge in [0.05, 0.1) is 11.0 Å². The molecule has 1 aromatic heterocycles. The van der Waals surface area contributed by atoms with Crippen molar-refractivity contribution in [1.29, 1.82) is 0 Å². The number of para-hydroxylation sites is 2. The molecule has 1 aromatic carbocycles. The quantitative estimate of drug-likeness (QED) is 0.268. The van der Waals surface area contributed by atoms with Gasteiger partial charge in [0.15, 0.2) is 5.96 Å². The third-order valence-electron chi connectivity index (χ3n) is 4.00. The Morgan fingerprint density at radius 3 is 2.79 bits per heavy atom. The van der Waals surface area contributed by atoms with Gasteiger partial charge in [-0.3, -0.25) is 4.99 Å². The maximum atomic E-state index is 5.89. The molecule has 0 aliphatic heterocycles. The fourth-order valence-corrected chi connectivity index (χ4v) is 2.73. The van der Waals surface area contributed by atoms with Crippen LogP contribution in [0.25, 0.3) is 11.0 Å². The summed E-state index contributed by atoms with van der Waals surface area (Å²) >= 11 is 0. The van der Waals surface area contributed by atoms with E-state index in [0.717, 1.165) is 43.8 Å². The number of imidazole rings is 1. The number of aliphatic imine (C=N–C) groups is 1. The highest BCUT2D eigenvalue weighted by Crippen LogP contribution is 2.15. The highest BCUT2D eigenvalue weighted by atomic mass is 127. The number of halogens is 1. The number of fused-ring (bicyclic) bond motifs is 1. The molecule has 0 unspecified atom stereocenters. The standard InChI is InChI=1S/C18H29N5.HI/c1-3-4-5-8-12-20-18(19)21-13-9-14-23-15(2)22-16-10-6-7-11-17(16)23;/h6-7,10-11H,3-5,8-9,12-14H2,1-2H3,(H3,19,20,21);1H. The number of aryl methyl sites for hydroxylation is 2. The lowest BCUT2D eigenvalue weighted by molar-refractivity contribution is 0.640. The number of guanidine groups is 1. The zero-order valence-corrected chi connectivity index (χ0v) is 17.1. The fourth-order valence-electron chi connectivity index (χ4n) is 2.73. The Morgan fingerprint density at radius 1 is 1.21 bits per heavy atom. The number of hydrogen-bond acceptors (Lipinski definition) is 2. The molecular formula is C18H30IN5. The van der Waals surface area contributed by atoms with Gasteiger partial charge in [-0.2, -0.15) is 0 Å². The van der Waals surface area contributed by atoms with Crippen LogP contribution in [0, 0.1) is 6.92 Å². The van der Waals surface area contributed by atoms with Crippen molar-refractivity contribution in [1.82, 2.24) is 14.9 Å². The summed E-state index contributed by atoms with van der Waals surface area (Å²) in [5, 5.41) is 3.18. The van der Waals surface area contributed by atoms with Crippen LogP contribution in [0.3, 0.4) is 0 Å². The molecule has 0 bridgehead atoms. The number of rotatable bonds is 9. The monoisotopic (exact) mass is 443 g/mol. The average Bonchev–Trinajstić information content (AvgIpc) is 2.87. The Hall–Kier alpha value is -1.31. The Kier molecular flexibility index (Phi) is 9.75. The van der Waals surface area contributed by atoms with Gasteiger partial charge in [0.25, 0.3) is 0 Å². The summed E-state index contributed by atoms with van der Waals surface area (Å²) in [5.74, 6) is 1.62. The van der Waals surface area contributed by atoms with E-state index in [2.05, 4.69) is 51.9 Å². The minimum atomic E-state index is 0. The third-order valence-corrected chi connectivity index (χ3v) is 4.00. The van der Waals surface area contributed by atoms with E-state index in [9.17, 15) is 0 Å². The number of unbranched alkanes of at least 4 members (excludes halogenated alkanes) is 3. The first kappa shape index (κ1) is 20.7. The van der Waals surface area contributed by atoms with Crippen LogP contribution in [-0.2, 0) is 6.54 Å². The van der Waals surface area contributed by atoms with E-state index in [1.165, 1.54) is 24.8 Å². The van der Waals surface area contributed by atoms with E-state index in [0.29, 0.717) is 5.96 Å². The van der Waals surface area contributed by atoms with Crippen LogP contribution >= 0.6 is 24.0 Å². The van der Waals surface area contributed by atoms with Gasteiger partial charge in [-0.15, -0.1) is 24.0 Å². The second kappa shape index (κ2) is 11.3. The molecule has 1 heterocycles. The molecule has 0 saturated carbocycles. The van der Waals surface area contributed by atoms with Gasteiger partial charge in [0, 0.05) is 19.6 Å². The Bertz CT molecular complexity index is 635. The molecule has 5 nitrogen and oxygen atoms in total. The van der Waals surface area contributed by atoms with Crippen molar-refractivity contribution in [2.45, 2.75) is 52.5 Å². The van der Waals surface area contributed by atoms with Crippen molar-refractivity contribution < 1.29 is 0 Å². The second-order valence-electron chi connectivity index (χ2n) is 5.91. The zero-order valence-electron chi connectivity index (χ0n) is 14.8. The summed E-state index contributed by atoms with van der Waals surface area (Å²) in [6, 6.07) is 8.25. The van der Waals surface area contributed by atoms with Crippen LogP contribution < -0.4 is 11.1 Å². The normalized spacial score (nSPS) is 11.5. The van der Waals surface area contributed by atoms with Crippen LogP contribution in [0.4, 0.5) is 0 Å². The van der Waals surface area contributed by atoms with Crippen molar-refractivity contribution in [3.8, 4) is 0 Å². The molecule has 2 rings (SSSR count). The Balaban J connectivity index is 0.00000288. The SMILES string of the molecule is CCCCCCNC(N)=NCCCn1c(C)nc2ccccc21.I. The number of benzene rings is 1. The molecular weight excluding hydrogens is 413 g/mol. The van der Waals surface area contributed by atoms with E-state index in [1.54, 1.807) is 0 Å². The first-order valence-corrected chi connectivity index (χ1v) is 8.68. The van der Waals surface area contributed by atoms with E-state index in [4.69, 9.17) is 5.73 Å². The molecule has 0 aliphatic rings. The lowest BCUT2D eigenvalue weighted by atomic mass is 10.2. The minimum Gasteiger partial charge on any atom is -0.370 e. The number of nitrogens with one attached hydrogen (secondary N) is 1. The molecule has 0 fully saturated rings. The molecule has 0 aliphatic carbocycles. The summed E-state index contributed by atoms with van der Waals surface area (Å²) in [7, 11) is 0. The lowest BCUT2D eigenvalue weighted by Gasteiger charge is -2.07. The van der Waals surface area contributed by atoms with Crippen molar-refractivity contribution >= 4 is 41.0 Å². The molecule has 2 aromatic rings. The summed E-state index contributed by atoms with van der Waals surface area (Å²) in [5.41, 5.74) is 8.14. The molecule has 0 amide bonds. The summed E-state index contributed by atoms with van der Waals surface area (Å²) < 4.78 is 2.25. The molecule has 3 N–H and O–H groups in total. The van der Waals surface area contributed by atoms with Gasteiger partial charge in [-0.05, 0) is 31.9 Å². The third kappa shape index (κ3) is 6.30. The van der Waals surface area contributed by atoms with Gasteiger partial charge in [0.1, 0.15) is 5.82 Å². The maximum absolute atomic E-state index is 5.89. The van der Waals surface area contributed by atoms with Crippen LogP contribution in [0.15, 0.2) is 29.3 Å². The van der Waals surface area contributed by atoms with E-state index in [-0.39, 0.29) is 24.0 Å². The molecule has 0 atom stereocenters. The highest BCUT2D eigenvalue weighted by Gasteiger charge is 2.05. The van der Waals surface area contributed by atoms with Crippen molar-refractivity contribution in [3.05, 3.63) is 30.1 Å². The number of aromatic nitrogens is 2. The second-order valence-corrected chi connectivity index (χ2v) is 5.91. The molecule has 24 heavy (non-hydrogen) atoms. The predicted octanol–water partition coefficient (Wildman–Crippen LogP) is 3.84. The first-order valence-electron chi connectivity index (χ1n) is 8.68. The molecule has 6 heteroatoms. The highest BCUT2D eigenvalue weighted by molar-refractivity contribution is 14.0. The lowest BCUT2D eigenvalue weighted by Crippen LogP contribution is -2.32. The smallest absolute Gasteiger partial charge is 0.188 e. The largest absolute Gasteiger partial charge is 0.370 e. The summed E-state index contributed by atoms with van der Waals surface area (Å²) in [6.45, 7) is 6.84. The minimum absolute atomic E-state index is 0. The topological polar surface area (TPSA) is 68.2 Å². The summed E-state index contributed by atoms with van der Waals surface area (Å²) in [6.07, 6.45) is 5.91. The van der Waals surface area contributed by atoms with Gasteiger partial charge in [-0.1, -0.05) is 38.3 Å². The molecule has 0 radical (unpaired) electrons. The molecule has 134 valence electrons. The van der Waals surface area contributed by atoms with Gasteiger partial charge in [-0.25, -0.2) is 4.98 Å². The van der Waals surface area contributed by atoms with E-state index < -0.39 is 0 Å². The number of nitrogens with two attached hydrogens (primary N) is 1. The van der Waals surface area contributed by atoms with Gasteiger partial charge < -0.3 is 15.6 Å². The summed E-state index contributed by atoms with van der Waals surface area (Å²) in [4.78, 5) is 8.98.